The van der Waals surface area contributed by atoms with Crippen molar-refractivity contribution in [1.82, 2.24) is 4.31 Å². The molecule has 5 nitrogen and oxygen atoms in total. The maximum atomic E-state index is 13.4. The standard InChI is InChI=1S/C24H24Cl2N2O3S/c1-16-12-17(2)24(18(3)13-16)27-23(29)15-28(14-19-6-4-5-7-22(19)26)32(30,31)21-10-8-20(25)9-11-21/h4-13H,14-15H2,1-3H3,(H,27,29). The molecule has 0 bridgehead atoms. The third-order valence-electron chi connectivity index (χ3n) is 5.02. The second kappa shape index (κ2) is 10.0. The molecule has 3 rings (SSSR count). The third kappa shape index (κ3) is 5.70. The monoisotopic (exact) mass is 490 g/mol. The molecule has 0 saturated carbocycles. The zero-order valence-electron chi connectivity index (χ0n) is 18.0. The van der Waals surface area contributed by atoms with Gasteiger partial charge in [0.15, 0.2) is 0 Å². The fourth-order valence-corrected chi connectivity index (χ4v) is 5.21. The largest absolute Gasteiger partial charge is 0.324 e. The first-order chi connectivity index (χ1) is 15.1. The van der Waals surface area contributed by atoms with Crippen molar-refractivity contribution in [3.8, 4) is 0 Å². The number of hydrogen-bond donors (Lipinski definition) is 1. The summed E-state index contributed by atoms with van der Waals surface area (Å²) in [6, 6.07) is 16.7. The van der Waals surface area contributed by atoms with Crippen LogP contribution in [-0.2, 0) is 21.4 Å². The Balaban J connectivity index is 1.93. The van der Waals surface area contributed by atoms with E-state index in [1.807, 2.05) is 32.9 Å². The number of halogens is 2. The lowest BCUT2D eigenvalue weighted by molar-refractivity contribution is -0.116. The van der Waals surface area contributed by atoms with E-state index in [1.165, 1.54) is 24.3 Å². The van der Waals surface area contributed by atoms with Crippen LogP contribution in [0.4, 0.5) is 5.69 Å². The van der Waals surface area contributed by atoms with Gasteiger partial charge in [-0.25, -0.2) is 8.42 Å². The molecule has 0 radical (unpaired) electrons. The van der Waals surface area contributed by atoms with E-state index in [0.717, 1.165) is 21.0 Å². The van der Waals surface area contributed by atoms with Gasteiger partial charge in [0, 0.05) is 22.3 Å². The summed E-state index contributed by atoms with van der Waals surface area (Å²) in [5.74, 6) is -0.440. The predicted molar refractivity (Wildman–Crippen MR) is 130 cm³/mol. The van der Waals surface area contributed by atoms with Gasteiger partial charge < -0.3 is 5.32 Å². The highest BCUT2D eigenvalue weighted by molar-refractivity contribution is 7.89. The van der Waals surface area contributed by atoms with Gasteiger partial charge in [0.05, 0.1) is 11.4 Å². The molecule has 0 atom stereocenters. The number of nitrogens with one attached hydrogen (secondary N) is 1. The number of anilines is 1. The van der Waals surface area contributed by atoms with Crippen molar-refractivity contribution in [2.45, 2.75) is 32.2 Å². The van der Waals surface area contributed by atoms with Gasteiger partial charge in [0.2, 0.25) is 15.9 Å². The van der Waals surface area contributed by atoms with Gasteiger partial charge in [-0.1, -0.05) is 59.1 Å². The van der Waals surface area contributed by atoms with Crippen molar-refractivity contribution >= 4 is 44.8 Å². The molecule has 0 aliphatic heterocycles. The predicted octanol–water partition coefficient (Wildman–Crippen LogP) is 5.75. The van der Waals surface area contributed by atoms with Crippen LogP contribution in [0.2, 0.25) is 10.0 Å². The summed E-state index contributed by atoms with van der Waals surface area (Å²) in [6.07, 6.45) is 0. The van der Waals surface area contributed by atoms with Crippen molar-refractivity contribution in [3.05, 3.63) is 93.0 Å². The molecule has 0 spiro atoms. The number of benzene rings is 3. The summed E-state index contributed by atoms with van der Waals surface area (Å²) in [6.45, 7) is 5.37. The maximum absolute atomic E-state index is 13.4. The summed E-state index contributed by atoms with van der Waals surface area (Å²) < 4.78 is 27.9. The van der Waals surface area contributed by atoms with E-state index < -0.39 is 15.9 Å². The Bertz CT molecular complexity index is 1220. The maximum Gasteiger partial charge on any atom is 0.243 e. The van der Waals surface area contributed by atoms with Gasteiger partial charge in [-0.3, -0.25) is 4.79 Å². The first kappa shape index (κ1) is 24.3. The molecule has 0 aliphatic rings. The van der Waals surface area contributed by atoms with E-state index >= 15 is 0 Å². The summed E-state index contributed by atoms with van der Waals surface area (Å²) in [7, 11) is -3.99. The zero-order chi connectivity index (χ0) is 23.5. The Morgan fingerprint density at radius 1 is 0.938 bits per heavy atom. The molecule has 0 aliphatic carbocycles. The fraction of sp³-hybridized carbons (Fsp3) is 0.208. The van der Waals surface area contributed by atoms with Crippen LogP contribution in [0.25, 0.3) is 0 Å². The molecule has 0 unspecified atom stereocenters. The molecule has 168 valence electrons. The number of aryl methyl sites for hydroxylation is 3. The molecule has 3 aromatic rings. The van der Waals surface area contributed by atoms with E-state index in [-0.39, 0.29) is 18.0 Å². The number of rotatable bonds is 7. The summed E-state index contributed by atoms with van der Waals surface area (Å²) in [5.41, 5.74) is 4.19. The van der Waals surface area contributed by atoms with Gasteiger partial charge in [-0.05, 0) is 67.8 Å². The van der Waals surface area contributed by atoms with Crippen LogP contribution in [0.15, 0.2) is 65.6 Å². The molecule has 8 heteroatoms. The van der Waals surface area contributed by atoms with Crippen molar-refractivity contribution in [2.24, 2.45) is 0 Å². The molecular formula is C24H24Cl2N2O3S. The number of nitrogens with zero attached hydrogens (tertiary/aromatic N) is 1. The molecule has 0 fully saturated rings. The number of sulfonamides is 1. The Kier molecular flexibility index (Phi) is 7.62. The highest BCUT2D eigenvalue weighted by atomic mass is 35.5. The smallest absolute Gasteiger partial charge is 0.243 e. The van der Waals surface area contributed by atoms with Crippen LogP contribution in [0, 0.1) is 20.8 Å². The van der Waals surface area contributed by atoms with Crippen molar-refractivity contribution in [2.75, 3.05) is 11.9 Å². The molecule has 1 amide bonds. The van der Waals surface area contributed by atoms with E-state index in [0.29, 0.717) is 21.3 Å². The zero-order valence-corrected chi connectivity index (χ0v) is 20.4. The minimum atomic E-state index is -3.99. The molecule has 0 aromatic heterocycles. The van der Waals surface area contributed by atoms with E-state index in [2.05, 4.69) is 5.32 Å². The lowest BCUT2D eigenvalue weighted by atomic mass is 10.1. The number of amides is 1. The number of carbonyl (C=O) groups excluding carboxylic acids is 1. The normalized spacial score (nSPS) is 11.6. The van der Waals surface area contributed by atoms with E-state index in [1.54, 1.807) is 24.3 Å². The summed E-state index contributed by atoms with van der Waals surface area (Å²) in [4.78, 5) is 13.0. The summed E-state index contributed by atoms with van der Waals surface area (Å²) >= 11 is 12.2. The first-order valence-corrected chi connectivity index (χ1v) is 12.1. The summed E-state index contributed by atoms with van der Waals surface area (Å²) in [5, 5.41) is 3.72. The Morgan fingerprint density at radius 2 is 1.53 bits per heavy atom. The molecule has 0 saturated heterocycles. The average Bonchev–Trinajstić information content (AvgIpc) is 2.72. The van der Waals surface area contributed by atoms with Gasteiger partial charge in [-0.2, -0.15) is 4.31 Å². The molecule has 0 heterocycles. The quantitative estimate of drug-likeness (QED) is 0.458. The van der Waals surface area contributed by atoms with Gasteiger partial charge >= 0.3 is 0 Å². The van der Waals surface area contributed by atoms with Crippen LogP contribution in [-0.4, -0.2) is 25.2 Å². The second-order valence-corrected chi connectivity index (χ2v) is 10.4. The van der Waals surface area contributed by atoms with Gasteiger partial charge in [-0.15, -0.1) is 0 Å². The van der Waals surface area contributed by atoms with Crippen LogP contribution >= 0.6 is 23.2 Å². The van der Waals surface area contributed by atoms with E-state index in [4.69, 9.17) is 23.2 Å². The van der Waals surface area contributed by atoms with Crippen LogP contribution in [0.5, 0.6) is 0 Å². The average molecular weight is 491 g/mol. The Labute approximate surface area is 199 Å². The lowest BCUT2D eigenvalue weighted by Gasteiger charge is -2.23. The van der Waals surface area contributed by atoms with Crippen molar-refractivity contribution < 1.29 is 13.2 Å². The number of carbonyl (C=O) groups is 1. The van der Waals surface area contributed by atoms with Crippen molar-refractivity contribution in [1.29, 1.82) is 0 Å². The molecule has 32 heavy (non-hydrogen) atoms. The first-order valence-electron chi connectivity index (χ1n) is 9.95. The fourth-order valence-electron chi connectivity index (χ4n) is 3.51. The van der Waals surface area contributed by atoms with Crippen LogP contribution < -0.4 is 5.32 Å². The Morgan fingerprint density at radius 3 is 2.12 bits per heavy atom. The highest BCUT2D eigenvalue weighted by Gasteiger charge is 2.28. The highest BCUT2D eigenvalue weighted by Crippen LogP contribution is 2.25. The molecule has 1 N–H and O–H groups in total. The minimum Gasteiger partial charge on any atom is -0.324 e. The topological polar surface area (TPSA) is 66.5 Å². The molecular weight excluding hydrogens is 467 g/mol. The third-order valence-corrected chi connectivity index (χ3v) is 7.44. The van der Waals surface area contributed by atoms with Gasteiger partial charge in [0.1, 0.15) is 0 Å². The van der Waals surface area contributed by atoms with E-state index in [9.17, 15) is 13.2 Å². The second-order valence-electron chi connectivity index (χ2n) is 7.64. The van der Waals surface area contributed by atoms with Crippen molar-refractivity contribution in [3.63, 3.8) is 0 Å². The van der Waals surface area contributed by atoms with Gasteiger partial charge in [0.25, 0.3) is 0 Å². The molecule has 3 aromatic carbocycles. The Hall–Kier alpha value is -2.38. The van der Waals surface area contributed by atoms with Crippen LogP contribution in [0.1, 0.15) is 22.3 Å². The lowest BCUT2D eigenvalue weighted by Crippen LogP contribution is -2.37. The number of hydrogen-bond acceptors (Lipinski definition) is 3. The SMILES string of the molecule is Cc1cc(C)c(NC(=O)CN(Cc2ccccc2Cl)S(=O)(=O)c2ccc(Cl)cc2)c(C)c1. The van der Waals surface area contributed by atoms with Crippen LogP contribution in [0.3, 0.4) is 0 Å². The minimum absolute atomic E-state index is 0.0458.